The van der Waals surface area contributed by atoms with Gasteiger partial charge in [0.1, 0.15) is 22.1 Å². The van der Waals surface area contributed by atoms with Gasteiger partial charge in [-0.15, -0.1) is 0 Å². The van der Waals surface area contributed by atoms with E-state index < -0.39 is 28.5 Å². The number of aliphatic hydroxyl groups is 1. The zero-order valence-corrected chi connectivity index (χ0v) is 21.4. The summed E-state index contributed by atoms with van der Waals surface area (Å²) in [4.78, 5) is 30.6. The molecule has 198 valence electrons. The van der Waals surface area contributed by atoms with E-state index in [1.807, 2.05) is 0 Å². The molecule has 0 aliphatic heterocycles. The number of halogens is 1. The number of aliphatic hydroxyl groups excluding tert-OH is 1. The molecule has 0 fully saturated rings. The summed E-state index contributed by atoms with van der Waals surface area (Å²) in [7, 11) is -1.29. The van der Waals surface area contributed by atoms with Gasteiger partial charge < -0.3 is 20.1 Å². The Balaban J connectivity index is 1.88. The number of fused-ring (bicyclic) bond motifs is 1. The first-order chi connectivity index (χ1) is 18.2. The maximum atomic E-state index is 13.6. The summed E-state index contributed by atoms with van der Waals surface area (Å²) >= 11 is 0. The third-order valence-corrected chi connectivity index (χ3v) is 6.78. The molecule has 38 heavy (non-hydrogen) atoms. The van der Waals surface area contributed by atoms with Crippen molar-refractivity contribution < 1.29 is 27.4 Å². The number of pyridine rings is 2. The van der Waals surface area contributed by atoms with E-state index in [1.54, 1.807) is 48.7 Å². The highest BCUT2D eigenvalue weighted by molar-refractivity contribution is 7.71. The molecule has 0 aliphatic carbocycles. The Bertz CT molecular complexity index is 1610. The van der Waals surface area contributed by atoms with Gasteiger partial charge >= 0.3 is 0 Å². The SMILES string of the molecule is COC(O)Cc1c(C(N)=O)c(=O)n(Cc2ccc(C[SH](=O)=O)cc2)c2cc(Cc3ccc(F)cc3)cnc12. The number of nitrogens with zero attached hydrogens (tertiary/aromatic N) is 2. The molecule has 0 radical (unpaired) electrons. The largest absolute Gasteiger partial charge is 0.368 e. The fourth-order valence-electron chi connectivity index (χ4n) is 4.31. The predicted molar refractivity (Wildman–Crippen MR) is 140 cm³/mol. The molecule has 3 N–H and O–H groups in total. The van der Waals surface area contributed by atoms with Gasteiger partial charge in [-0.05, 0) is 46.9 Å². The first kappa shape index (κ1) is 27.1. The number of ether oxygens (including phenoxy) is 1. The summed E-state index contributed by atoms with van der Waals surface area (Å²) in [6.45, 7) is 0.0498. The van der Waals surface area contributed by atoms with Crippen LogP contribution >= 0.6 is 0 Å². The molecule has 0 aliphatic rings. The number of aromatic nitrogens is 2. The number of primary amides is 1. The number of carbonyl (C=O) groups excluding carboxylic acids is 1. The van der Waals surface area contributed by atoms with Crippen LogP contribution in [0, 0.1) is 5.82 Å². The van der Waals surface area contributed by atoms with E-state index in [9.17, 15) is 27.5 Å². The fraction of sp³-hybridized carbons (Fsp3) is 0.222. The number of hydrogen-bond donors (Lipinski definition) is 3. The van der Waals surface area contributed by atoms with E-state index >= 15 is 0 Å². The minimum Gasteiger partial charge on any atom is -0.368 e. The summed E-state index contributed by atoms with van der Waals surface area (Å²) in [6, 6.07) is 14.5. The van der Waals surface area contributed by atoms with Crippen LogP contribution in [0.5, 0.6) is 0 Å². The number of thiol groups is 1. The normalized spacial score (nSPS) is 12.2. The highest BCUT2D eigenvalue weighted by atomic mass is 32.2. The van der Waals surface area contributed by atoms with Crippen LogP contribution in [-0.4, -0.2) is 42.4 Å². The number of methoxy groups -OCH3 is 1. The van der Waals surface area contributed by atoms with Crippen LogP contribution in [0.2, 0.25) is 0 Å². The Morgan fingerprint density at radius 3 is 2.32 bits per heavy atom. The first-order valence-corrected chi connectivity index (χ1v) is 13.0. The molecule has 1 unspecified atom stereocenters. The molecule has 0 saturated carbocycles. The first-order valence-electron chi connectivity index (χ1n) is 11.6. The molecule has 0 saturated heterocycles. The number of hydrogen-bond acceptors (Lipinski definition) is 7. The zero-order chi connectivity index (χ0) is 27.4. The zero-order valence-electron chi connectivity index (χ0n) is 20.5. The molecule has 2 aromatic carbocycles. The Labute approximate surface area is 219 Å². The number of nitrogens with two attached hydrogens (primary N) is 1. The lowest BCUT2D eigenvalue weighted by atomic mass is 10.00. The average molecular weight is 540 g/mol. The van der Waals surface area contributed by atoms with Crippen molar-refractivity contribution in [3.8, 4) is 0 Å². The highest BCUT2D eigenvalue weighted by Crippen LogP contribution is 2.23. The third-order valence-electron chi connectivity index (χ3n) is 6.16. The molecule has 9 nitrogen and oxygen atoms in total. The summed E-state index contributed by atoms with van der Waals surface area (Å²) < 4.78 is 41.8. The molecule has 2 aromatic heterocycles. The standard InChI is InChI=1S/C27H26FN3O6S/c1-37-23(32)12-21-24(26(29)33)27(34)31(14-17-2-4-18(5-3-17)15-38(35)36)22-11-19(13-30-25(21)22)10-16-6-8-20(28)9-7-16/h2-9,11,13,23,32,38H,10,12,14-15H2,1H3,(H2,29,33). The van der Waals surface area contributed by atoms with Gasteiger partial charge in [-0.1, -0.05) is 36.4 Å². The molecular formula is C27H26FN3O6S. The average Bonchev–Trinajstić information content (AvgIpc) is 2.88. The lowest BCUT2D eigenvalue weighted by molar-refractivity contribution is -0.0719. The smallest absolute Gasteiger partial charge is 0.264 e. The van der Waals surface area contributed by atoms with Crippen LogP contribution in [-0.2, 0) is 40.6 Å². The number of benzene rings is 2. The van der Waals surface area contributed by atoms with Gasteiger partial charge in [0.25, 0.3) is 11.5 Å². The molecule has 1 atom stereocenters. The second-order valence-electron chi connectivity index (χ2n) is 8.83. The summed E-state index contributed by atoms with van der Waals surface area (Å²) in [6.07, 6.45) is 0.514. The van der Waals surface area contributed by atoms with Crippen molar-refractivity contribution in [2.45, 2.75) is 31.4 Å². The van der Waals surface area contributed by atoms with Crippen LogP contribution in [0.4, 0.5) is 4.39 Å². The molecule has 0 bridgehead atoms. The molecule has 2 heterocycles. The Morgan fingerprint density at radius 1 is 1.08 bits per heavy atom. The molecule has 1 amide bonds. The monoisotopic (exact) mass is 539 g/mol. The van der Waals surface area contributed by atoms with Gasteiger partial charge in [0.05, 0.1) is 23.3 Å². The van der Waals surface area contributed by atoms with Crippen molar-refractivity contribution in [2.75, 3.05) is 7.11 Å². The topological polar surface area (TPSA) is 142 Å². The molecule has 11 heteroatoms. The molecule has 4 aromatic rings. The van der Waals surface area contributed by atoms with Gasteiger partial charge in [0.15, 0.2) is 6.29 Å². The lowest BCUT2D eigenvalue weighted by Crippen LogP contribution is -2.33. The Hall–Kier alpha value is -3.93. The summed E-state index contributed by atoms with van der Waals surface area (Å²) in [5.74, 6) is -1.42. The van der Waals surface area contributed by atoms with Crippen LogP contribution in [0.25, 0.3) is 11.0 Å². The minimum absolute atomic E-state index is 0.0498. The van der Waals surface area contributed by atoms with Gasteiger partial charge in [0, 0.05) is 25.3 Å². The Kier molecular flexibility index (Phi) is 8.30. The maximum Gasteiger partial charge on any atom is 0.264 e. The maximum absolute atomic E-state index is 13.6. The van der Waals surface area contributed by atoms with Crippen molar-refractivity contribution in [1.29, 1.82) is 0 Å². The van der Waals surface area contributed by atoms with Crippen LogP contribution in [0.3, 0.4) is 0 Å². The second kappa shape index (κ2) is 11.6. The Morgan fingerprint density at radius 2 is 1.71 bits per heavy atom. The summed E-state index contributed by atoms with van der Waals surface area (Å²) in [5.41, 5.74) is 8.38. The number of rotatable bonds is 10. The van der Waals surface area contributed by atoms with Crippen LogP contribution in [0.1, 0.15) is 38.2 Å². The van der Waals surface area contributed by atoms with E-state index in [2.05, 4.69) is 4.98 Å². The van der Waals surface area contributed by atoms with E-state index in [-0.39, 0.29) is 35.7 Å². The molecular weight excluding hydrogens is 513 g/mol. The van der Waals surface area contributed by atoms with Crippen LogP contribution in [0.15, 0.2) is 65.6 Å². The lowest BCUT2D eigenvalue weighted by Gasteiger charge is -2.18. The van der Waals surface area contributed by atoms with Gasteiger partial charge in [0.2, 0.25) is 0 Å². The van der Waals surface area contributed by atoms with Crippen molar-refractivity contribution in [1.82, 2.24) is 9.55 Å². The third kappa shape index (κ3) is 6.13. The second-order valence-corrected chi connectivity index (χ2v) is 9.81. The number of amides is 1. The minimum atomic E-state index is -2.58. The van der Waals surface area contributed by atoms with Crippen molar-refractivity contribution in [3.63, 3.8) is 0 Å². The predicted octanol–water partition coefficient (Wildman–Crippen LogP) is 1.89. The van der Waals surface area contributed by atoms with E-state index in [0.29, 0.717) is 28.6 Å². The van der Waals surface area contributed by atoms with Crippen molar-refractivity contribution >= 4 is 27.6 Å². The molecule has 0 spiro atoms. The molecule has 4 rings (SSSR count). The van der Waals surface area contributed by atoms with Gasteiger partial charge in [-0.2, -0.15) is 0 Å². The van der Waals surface area contributed by atoms with Gasteiger partial charge in [-0.25, -0.2) is 12.8 Å². The fourth-order valence-corrected chi connectivity index (χ4v) is 4.82. The highest BCUT2D eigenvalue weighted by Gasteiger charge is 2.24. The van der Waals surface area contributed by atoms with E-state index in [0.717, 1.165) is 11.1 Å². The van der Waals surface area contributed by atoms with Crippen LogP contribution < -0.4 is 11.3 Å². The van der Waals surface area contributed by atoms with Crippen molar-refractivity contribution in [2.24, 2.45) is 5.73 Å². The number of carbonyl (C=O) groups is 1. The quantitative estimate of drug-likeness (QED) is 0.206. The summed E-state index contributed by atoms with van der Waals surface area (Å²) in [5, 5.41) is 10.1. The van der Waals surface area contributed by atoms with Gasteiger partial charge in [-0.3, -0.25) is 14.6 Å². The van der Waals surface area contributed by atoms with Crippen molar-refractivity contribution in [3.05, 3.63) is 110 Å². The van der Waals surface area contributed by atoms with E-state index in [4.69, 9.17) is 10.5 Å². The van der Waals surface area contributed by atoms with E-state index in [1.165, 1.54) is 23.8 Å².